The van der Waals surface area contributed by atoms with Gasteiger partial charge in [-0.05, 0) is 12.1 Å². The van der Waals surface area contributed by atoms with E-state index in [1.54, 1.807) is 36.6 Å². The maximum atomic E-state index is 12.4. The van der Waals surface area contributed by atoms with Gasteiger partial charge in [0.05, 0.1) is 34.3 Å². The molecule has 2 heterocycles. The van der Waals surface area contributed by atoms with Gasteiger partial charge in [-0.2, -0.15) is 0 Å². The molecule has 0 aliphatic carbocycles. The Morgan fingerprint density at radius 1 is 1.50 bits per heavy atom. The number of rotatable bonds is 4. The first-order chi connectivity index (χ1) is 9.67. The van der Waals surface area contributed by atoms with Crippen LogP contribution in [0.5, 0.6) is 5.75 Å². The monoisotopic (exact) mass is 307 g/mol. The van der Waals surface area contributed by atoms with Crippen molar-refractivity contribution in [1.29, 1.82) is 0 Å². The first kappa shape index (κ1) is 13.1. The van der Waals surface area contributed by atoms with Gasteiger partial charge in [0.25, 0.3) is 0 Å². The summed E-state index contributed by atoms with van der Waals surface area (Å²) in [6.07, 6.45) is 3.83. The van der Waals surface area contributed by atoms with Crippen molar-refractivity contribution in [2.24, 2.45) is 0 Å². The predicted molar refractivity (Wildman–Crippen MR) is 80.6 cm³/mol. The molecule has 1 aromatic carbocycles. The maximum Gasteiger partial charge on any atom is 0.193 e. The van der Waals surface area contributed by atoms with Gasteiger partial charge in [-0.25, -0.2) is 4.98 Å². The molecule has 20 heavy (non-hydrogen) atoms. The topological polar surface area (TPSA) is 69.6 Å². The van der Waals surface area contributed by atoms with Gasteiger partial charge in [0.1, 0.15) is 5.75 Å². The Bertz CT molecular complexity index is 750. The SMILES string of the molecule is COc1cc(N)ccc1S(=O)Cc1cn2ccsc2n1. The lowest BCUT2D eigenvalue weighted by Crippen LogP contribution is -2.00. The quantitative estimate of drug-likeness (QED) is 0.751. The van der Waals surface area contributed by atoms with Crippen LogP contribution in [0.4, 0.5) is 5.69 Å². The van der Waals surface area contributed by atoms with Crippen LogP contribution in [0, 0.1) is 0 Å². The number of fused-ring (bicyclic) bond motifs is 1. The number of aromatic nitrogens is 2. The van der Waals surface area contributed by atoms with Gasteiger partial charge >= 0.3 is 0 Å². The van der Waals surface area contributed by atoms with E-state index in [1.165, 1.54) is 0 Å². The first-order valence-corrected chi connectivity index (χ1v) is 8.10. The van der Waals surface area contributed by atoms with Crippen LogP contribution in [0.25, 0.3) is 4.96 Å². The fraction of sp³-hybridized carbons (Fsp3) is 0.154. The number of anilines is 1. The minimum Gasteiger partial charge on any atom is -0.495 e. The van der Waals surface area contributed by atoms with Crippen molar-refractivity contribution in [3.8, 4) is 5.75 Å². The van der Waals surface area contributed by atoms with Crippen LogP contribution in [0.15, 0.2) is 40.9 Å². The van der Waals surface area contributed by atoms with Crippen LogP contribution < -0.4 is 10.5 Å². The number of ether oxygens (including phenoxy) is 1. The second kappa shape index (κ2) is 5.26. The number of benzene rings is 1. The van der Waals surface area contributed by atoms with E-state index in [2.05, 4.69) is 4.98 Å². The van der Waals surface area contributed by atoms with Gasteiger partial charge in [-0.1, -0.05) is 0 Å². The number of nitrogens with two attached hydrogens (primary N) is 1. The third kappa shape index (κ3) is 2.41. The fourth-order valence-corrected chi connectivity index (χ4v) is 3.80. The molecule has 2 N–H and O–H groups in total. The molecule has 104 valence electrons. The summed E-state index contributed by atoms with van der Waals surface area (Å²) < 4.78 is 19.6. The van der Waals surface area contributed by atoms with Crippen LogP contribution >= 0.6 is 11.3 Å². The lowest BCUT2D eigenvalue weighted by atomic mass is 10.3. The van der Waals surface area contributed by atoms with Crippen molar-refractivity contribution >= 4 is 32.8 Å². The molecule has 0 saturated heterocycles. The van der Waals surface area contributed by atoms with Gasteiger partial charge in [-0.15, -0.1) is 11.3 Å². The largest absolute Gasteiger partial charge is 0.495 e. The minimum atomic E-state index is -1.22. The lowest BCUT2D eigenvalue weighted by Gasteiger charge is -2.08. The van der Waals surface area contributed by atoms with Gasteiger partial charge in [-0.3, -0.25) is 8.61 Å². The summed E-state index contributed by atoms with van der Waals surface area (Å²) in [6, 6.07) is 5.14. The molecule has 3 aromatic rings. The molecule has 1 atom stereocenters. The van der Waals surface area contributed by atoms with Crippen LogP contribution in [0.1, 0.15) is 5.69 Å². The number of thiazole rings is 1. The summed E-state index contributed by atoms with van der Waals surface area (Å²) >= 11 is 1.55. The Balaban J connectivity index is 1.87. The molecule has 3 rings (SSSR count). The van der Waals surface area contributed by atoms with E-state index in [1.807, 2.05) is 22.2 Å². The second-order valence-corrected chi connectivity index (χ2v) is 6.52. The number of nitrogen functional groups attached to an aromatic ring is 1. The smallest absolute Gasteiger partial charge is 0.193 e. The zero-order valence-electron chi connectivity index (χ0n) is 10.8. The number of imidazole rings is 1. The Labute approximate surface area is 122 Å². The summed E-state index contributed by atoms with van der Waals surface area (Å²) in [6.45, 7) is 0. The van der Waals surface area contributed by atoms with Gasteiger partial charge in [0, 0.05) is 29.5 Å². The maximum absolute atomic E-state index is 12.4. The number of hydrogen-bond acceptors (Lipinski definition) is 5. The van der Waals surface area contributed by atoms with Crippen LogP contribution in [0.3, 0.4) is 0 Å². The molecule has 0 amide bonds. The molecular weight excluding hydrogens is 294 g/mol. The van der Waals surface area contributed by atoms with Crippen molar-refractivity contribution < 1.29 is 8.95 Å². The molecule has 0 radical (unpaired) electrons. The van der Waals surface area contributed by atoms with E-state index >= 15 is 0 Å². The molecule has 7 heteroatoms. The van der Waals surface area contributed by atoms with Crippen molar-refractivity contribution in [2.75, 3.05) is 12.8 Å². The van der Waals surface area contributed by atoms with E-state index < -0.39 is 10.8 Å². The third-order valence-corrected chi connectivity index (χ3v) is 5.01. The van der Waals surface area contributed by atoms with E-state index in [0.29, 0.717) is 22.1 Å². The van der Waals surface area contributed by atoms with Crippen molar-refractivity contribution in [3.05, 3.63) is 41.7 Å². The zero-order valence-corrected chi connectivity index (χ0v) is 12.4. The Morgan fingerprint density at radius 3 is 3.10 bits per heavy atom. The predicted octanol–water partition coefficient (Wildman–Crippen LogP) is 2.29. The average molecular weight is 307 g/mol. The first-order valence-electron chi connectivity index (χ1n) is 5.90. The molecule has 0 bridgehead atoms. The number of hydrogen-bond donors (Lipinski definition) is 1. The van der Waals surface area contributed by atoms with Crippen molar-refractivity contribution in [3.63, 3.8) is 0 Å². The Hall–Kier alpha value is -1.86. The molecule has 0 aliphatic rings. The molecule has 1 unspecified atom stereocenters. The summed E-state index contributed by atoms with van der Waals surface area (Å²) in [5.41, 5.74) is 7.09. The van der Waals surface area contributed by atoms with Crippen LogP contribution in [0.2, 0.25) is 0 Å². The van der Waals surface area contributed by atoms with Gasteiger partial charge in [0.2, 0.25) is 0 Å². The fourth-order valence-electron chi connectivity index (χ4n) is 1.93. The Morgan fingerprint density at radius 2 is 2.35 bits per heavy atom. The summed E-state index contributed by atoms with van der Waals surface area (Å²) in [7, 11) is 0.327. The van der Waals surface area contributed by atoms with E-state index in [-0.39, 0.29) is 0 Å². The molecule has 0 spiro atoms. The van der Waals surface area contributed by atoms with E-state index in [0.717, 1.165) is 10.7 Å². The Kier molecular flexibility index (Phi) is 3.45. The van der Waals surface area contributed by atoms with Crippen molar-refractivity contribution in [2.45, 2.75) is 10.6 Å². The molecule has 0 aliphatic heterocycles. The molecular formula is C13H13N3O2S2. The second-order valence-electron chi connectivity index (χ2n) is 4.23. The van der Waals surface area contributed by atoms with Crippen molar-refractivity contribution in [1.82, 2.24) is 9.38 Å². The summed E-state index contributed by atoms with van der Waals surface area (Å²) in [4.78, 5) is 5.98. The summed E-state index contributed by atoms with van der Waals surface area (Å²) in [5, 5.41) is 1.96. The standard InChI is InChI=1S/C13H13N3O2S2/c1-18-11-6-9(14)2-3-12(11)20(17)8-10-7-16-4-5-19-13(16)15-10/h2-7H,8,14H2,1H3. The zero-order chi connectivity index (χ0) is 14.1. The number of nitrogens with zero attached hydrogens (tertiary/aromatic N) is 2. The van der Waals surface area contributed by atoms with Crippen LogP contribution in [-0.2, 0) is 16.6 Å². The average Bonchev–Trinajstić information content (AvgIpc) is 2.99. The lowest BCUT2D eigenvalue weighted by molar-refractivity contribution is 0.404. The molecule has 5 nitrogen and oxygen atoms in total. The van der Waals surface area contributed by atoms with Gasteiger partial charge in [0.15, 0.2) is 4.96 Å². The third-order valence-electron chi connectivity index (χ3n) is 2.86. The number of methoxy groups -OCH3 is 1. The molecule has 0 saturated carbocycles. The minimum absolute atomic E-state index is 0.356. The highest BCUT2D eigenvalue weighted by molar-refractivity contribution is 7.84. The van der Waals surface area contributed by atoms with Gasteiger partial charge < -0.3 is 10.5 Å². The summed E-state index contributed by atoms with van der Waals surface area (Å²) in [5.74, 6) is 0.902. The highest BCUT2D eigenvalue weighted by atomic mass is 32.2. The van der Waals surface area contributed by atoms with E-state index in [4.69, 9.17) is 10.5 Å². The highest BCUT2D eigenvalue weighted by Crippen LogP contribution is 2.26. The molecule has 2 aromatic heterocycles. The molecule has 0 fully saturated rings. The van der Waals surface area contributed by atoms with Crippen LogP contribution in [-0.4, -0.2) is 20.7 Å². The highest BCUT2D eigenvalue weighted by Gasteiger charge is 2.13. The normalized spacial score (nSPS) is 12.7. The van der Waals surface area contributed by atoms with E-state index in [9.17, 15) is 4.21 Å².